The summed E-state index contributed by atoms with van der Waals surface area (Å²) < 4.78 is 5.38. The molecule has 1 aromatic carbocycles. The number of ether oxygens (including phenoxy) is 1. The zero-order valence-corrected chi connectivity index (χ0v) is 10.6. The third-order valence-corrected chi connectivity index (χ3v) is 3.09. The monoisotopic (exact) mass is 247 g/mol. The average molecular weight is 247 g/mol. The fourth-order valence-corrected chi connectivity index (χ4v) is 2.05. The van der Waals surface area contributed by atoms with Crippen LogP contribution in [0.2, 0.25) is 0 Å². The summed E-state index contributed by atoms with van der Waals surface area (Å²) in [7, 11) is 0. The Labute approximate surface area is 106 Å². The molecule has 1 heterocycles. The van der Waals surface area contributed by atoms with Gasteiger partial charge in [-0.15, -0.1) is 0 Å². The minimum absolute atomic E-state index is 0.115. The lowest BCUT2D eigenvalue weighted by atomic mass is 9.81. The first-order valence-corrected chi connectivity index (χ1v) is 5.99. The second-order valence-corrected chi connectivity index (χ2v) is 5.07. The summed E-state index contributed by atoms with van der Waals surface area (Å²) in [6.07, 6.45) is 0.115. The van der Waals surface area contributed by atoms with Crippen LogP contribution >= 0.6 is 0 Å². The summed E-state index contributed by atoms with van der Waals surface area (Å²) in [6.45, 7) is 5.21. The van der Waals surface area contributed by atoms with Crippen molar-refractivity contribution >= 4 is 11.9 Å². The second kappa shape index (κ2) is 4.80. The van der Waals surface area contributed by atoms with E-state index in [1.54, 1.807) is 0 Å². The number of carboxylic acid groups (broad SMARTS) is 1. The van der Waals surface area contributed by atoms with Crippen LogP contribution in [-0.4, -0.2) is 30.1 Å². The molecule has 0 amide bonds. The molecular formula is C14H17NO3. The van der Waals surface area contributed by atoms with Gasteiger partial charge < -0.3 is 9.84 Å². The van der Waals surface area contributed by atoms with Crippen molar-refractivity contribution in [2.24, 2.45) is 4.99 Å². The molecule has 0 radical (unpaired) electrons. The Morgan fingerprint density at radius 3 is 2.56 bits per heavy atom. The molecule has 0 saturated heterocycles. The molecule has 0 spiro atoms. The molecule has 4 nitrogen and oxygen atoms in total. The van der Waals surface area contributed by atoms with Crippen molar-refractivity contribution in [2.75, 3.05) is 13.2 Å². The van der Waals surface area contributed by atoms with Crippen molar-refractivity contribution in [3.8, 4) is 0 Å². The maximum atomic E-state index is 10.8. The Morgan fingerprint density at radius 1 is 1.39 bits per heavy atom. The molecule has 1 aliphatic heterocycles. The molecule has 96 valence electrons. The predicted molar refractivity (Wildman–Crippen MR) is 69.1 cm³/mol. The van der Waals surface area contributed by atoms with Crippen LogP contribution in [0.4, 0.5) is 0 Å². The highest BCUT2D eigenvalue weighted by Gasteiger charge is 2.24. The van der Waals surface area contributed by atoms with Gasteiger partial charge in [-0.3, -0.25) is 4.79 Å². The number of hydrogen-bond acceptors (Lipinski definition) is 3. The Morgan fingerprint density at radius 2 is 2.06 bits per heavy atom. The maximum Gasteiger partial charge on any atom is 0.304 e. The van der Waals surface area contributed by atoms with Gasteiger partial charge in [0, 0.05) is 11.0 Å². The smallest absolute Gasteiger partial charge is 0.304 e. The van der Waals surface area contributed by atoms with E-state index in [9.17, 15) is 4.79 Å². The highest BCUT2D eigenvalue weighted by Crippen LogP contribution is 2.27. The molecule has 0 bridgehead atoms. The van der Waals surface area contributed by atoms with E-state index in [0.29, 0.717) is 19.0 Å². The SMILES string of the molecule is CC(C)(CC(=O)O)c1ccc(C2=NCCO2)cc1. The van der Waals surface area contributed by atoms with E-state index < -0.39 is 5.97 Å². The number of carboxylic acids is 1. The van der Waals surface area contributed by atoms with Crippen molar-refractivity contribution in [1.82, 2.24) is 0 Å². The first-order chi connectivity index (χ1) is 8.49. The Balaban J connectivity index is 2.19. The minimum atomic E-state index is -0.785. The molecule has 0 aliphatic carbocycles. The second-order valence-electron chi connectivity index (χ2n) is 5.07. The summed E-state index contributed by atoms with van der Waals surface area (Å²) in [5.74, 6) is -0.106. The molecule has 0 unspecified atom stereocenters. The van der Waals surface area contributed by atoms with Crippen molar-refractivity contribution < 1.29 is 14.6 Å². The summed E-state index contributed by atoms with van der Waals surface area (Å²) in [4.78, 5) is 15.1. The van der Waals surface area contributed by atoms with Gasteiger partial charge in [-0.2, -0.15) is 0 Å². The summed E-state index contributed by atoms with van der Waals surface area (Å²) >= 11 is 0. The molecule has 0 atom stereocenters. The lowest BCUT2D eigenvalue weighted by Gasteiger charge is -2.23. The zero-order chi connectivity index (χ0) is 13.2. The van der Waals surface area contributed by atoms with Gasteiger partial charge >= 0.3 is 5.97 Å². The van der Waals surface area contributed by atoms with Crippen molar-refractivity contribution in [3.05, 3.63) is 35.4 Å². The first kappa shape index (κ1) is 12.6. The van der Waals surface area contributed by atoms with Crippen LogP contribution in [0.15, 0.2) is 29.3 Å². The first-order valence-electron chi connectivity index (χ1n) is 5.99. The van der Waals surface area contributed by atoms with Crippen LogP contribution in [0.3, 0.4) is 0 Å². The number of rotatable bonds is 4. The summed E-state index contributed by atoms with van der Waals surface area (Å²) in [6, 6.07) is 7.76. The van der Waals surface area contributed by atoms with Crippen LogP contribution in [0.25, 0.3) is 0 Å². The van der Waals surface area contributed by atoms with E-state index >= 15 is 0 Å². The van der Waals surface area contributed by atoms with E-state index in [1.165, 1.54) is 0 Å². The maximum absolute atomic E-state index is 10.8. The normalized spacial score (nSPS) is 15.1. The fraction of sp³-hybridized carbons (Fsp3) is 0.429. The largest absolute Gasteiger partial charge is 0.481 e. The van der Waals surface area contributed by atoms with Gasteiger partial charge in [-0.05, 0) is 17.7 Å². The molecule has 0 saturated carbocycles. The molecule has 4 heteroatoms. The average Bonchev–Trinajstić information content (AvgIpc) is 2.81. The van der Waals surface area contributed by atoms with Crippen molar-refractivity contribution in [3.63, 3.8) is 0 Å². The van der Waals surface area contributed by atoms with Crippen molar-refractivity contribution in [1.29, 1.82) is 0 Å². The van der Waals surface area contributed by atoms with Gasteiger partial charge in [0.15, 0.2) is 0 Å². The molecule has 1 aromatic rings. The fourth-order valence-electron chi connectivity index (χ4n) is 2.05. The van der Waals surface area contributed by atoms with Crippen LogP contribution in [0.1, 0.15) is 31.4 Å². The molecular weight excluding hydrogens is 230 g/mol. The van der Waals surface area contributed by atoms with Crippen molar-refractivity contribution in [2.45, 2.75) is 25.7 Å². The summed E-state index contributed by atoms with van der Waals surface area (Å²) in [5, 5.41) is 8.90. The van der Waals surface area contributed by atoms with Gasteiger partial charge in [0.25, 0.3) is 0 Å². The van der Waals surface area contributed by atoms with E-state index in [4.69, 9.17) is 9.84 Å². The molecule has 0 fully saturated rings. The number of aliphatic carboxylic acids is 1. The number of nitrogens with zero attached hydrogens (tertiary/aromatic N) is 1. The molecule has 1 aliphatic rings. The van der Waals surface area contributed by atoms with Gasteiger partial charge in [0.2, 0.25) is 5.90 Å². The minimum Gasteiger partial charge on any atom is -0.481 e. The van der Waals surface area contributed by atoms with Crippen LogP contribution in [-0.2, 0) is 14.9 Å². The number of carbonyl (C=O) groups is 1. The standard InChI is InChI=1S/C14H17NO3/c1-14(2,9-12(16)17)11-5-3-10(4-6-11)13-15-7-8-18-13/h3-6H,7-9H2,1-2H3,(H,16,17). The van der Waals surface area contributed by atoms with Gasteiger partial charge in [-0.1, -0.05) is 26.0 Å². The highest BCUT2D eigenvalue weighted by molar-refractivity contribution is 5.94. The third-order valence-electron chi connectivity index (χ3n) is 3.09. The number of aliphatic imine (C=N–C) groups is 1. The lowest BCUT2D eigenvalue weighted by Crippen LogP contribution is -2.21. The zero-order valence-electron chi connectivity index (χ0n) is 10.6. The van der Waals surface area contributed by atoms with E-state index in [0.717, 1.165) is 11.1 Å². The third kappa shape index (κ3) is 2.70. The van der Waals surface area contributed by atoms with E-state index in [1.807, 2.05) is 38.1 Å². The van der Waals surface area contributed by atoms with Gasteiger partial charge in [0.1, 0.15) is 6.61 Å². The Hall–Kier alpha value is -1.84. The lowest BCUT2D eigenvalue weighted by molar-refractivity contribution is -0.138. The quantitative estimate of drug-likeness (QED) is 0.887. The number of benzene rings is 1. The molecule has 18 heavy (non-hydrogen) atoms. The van der Waals surface area contributed by atoms with E-state index in [2.05, 4.69) is 4.99 Å². The summed E-state index contributed by atoms with van der Waals surface area (Å²) in [5.41, 5.74) is 1.58. The Kier molecular flexibility index (Phi) is 3.36. The topological polar surface area (TPSA) is 58.9 Å². The van der Waals surface area contributed by atoms with Crippen LogP contribution in [0.5, 0.6) is 0 Å². The van der Waals surface area contributed by atoms with E-state index in [-0.39, 0.29) is 11.8 Å². The van der Waals surface area contributed by atoms with Gasteiger partial charge in [0.05, 0.1) is 13.0 Å². The molecule has 0 aromatic heterocycles. The van der Waals surface area contributed by atoms with Gasteiger partial charge in [-0.25, -0.2) is 4.99 Å². The highest BCUT2D eigenvalue weighted by atomic mass is 16.5. The molecule has 2 rings (SSSR count). The number of hydrogen-bond donors (Lipinski definition) is 1. The van der Waals surface area contributed by atoms with Crippen LogP contribution < -0.4 is 0 Å². The van der Waals surface area contributed by atoms with Crippen LogP contribution in [0, 0.1) is 0 Å². The Bertz CT molecular complexity index is 474. The molecule has 1 N–H and O–H groups in total. The predicted octanol–water partition coefficient (Wildman–Crippen LogP) is 2.22.